The fourth-order valence-corrected chi connectivity index (χ4v) is 4.63. The van der Waals surface area contributed by atoms with Crippen LogP contribution in [-0.2, 0) is 16.6 Å². The molecule has 3 aromatic rings. The third-order valence-corrected chi connectivity index (χ3v) is 6.42. The molecule has 0 aliphatic carbocycles. The molecule has 0 aliphatic rings. The van der Waals surface area contributed by atoms with Crippen LogP contribution in [0, 0.1) is 18.3 Å². The molecule has 0 radical (unpaired) electrons. The molecule has 0 unspecified atom stereocenters. The summed E-state index contributed by atoms with van der Waals surface area (Å²) in [5.41, 5.74) is 9.64. The summed E-state index contributed by atoms with van der Waals surface area (Å²) in [5.74, 6) is 0.240. The van der Waals surface area contributed by atoms with E-state index in [1.807, 2.05) is 31.2 Å². The zero-order valence-electron chi connectivity index (χ0n) is 18.2. The molecule has 168 valence electrons. The molecule has 0 aliphatic heterocycles. The first-order valence-corrected chi connectivity index (χ1v) is 11.6. The van der Waals surface area contributed by atoms with Crippen molar-refractivity contribution in [1.29, 1.82) is 5.26 Å². The van der Waals surface area contributed by atoms with Gasteiger partial charge in [-0.15, -0.1) is 0 Å². The zero-order valence-corrected chi connectivity index (χ0v) is 19.0. The minimum atomic E-state index is -4.04. The van der Waals surface area contributed by atoms with Gasteiger partial charge in [-0.3, -0.25) is 0 Å². The number of rotatable bonds is 8. The summed E-state index contributed by atoms with van der Waals surface area (Å²) in [5, 5.41) is 19.7. The molecule has 2 aromatic heterocycles. The first-order chi connectivity index (χ1) is 15.2. The lowest BCUT2D eigenvalue weighted by molar-refractivity contribution is 0.280. The van der Waals surface area contributed by atoms with Crippen LogP contribution in [0.4, 0.5) is 5.82 Å². The maximum absolute atomic E-state index is 12.8. The predicted molar refractivity (Wildman–Crippen MR) is 125 cm³/mol. The van der Waals surface area contributed by atoms with Crippen LogP contribution in [0.2, 0.25) is 0 Å². The molecule has 0 saturated heterocycles. The quantitative estimate of drug-likeness (QED) is 0.443. The summed E-state index contributed by atoms with van der Waals surface area (Å²) in [6.45, 7) is 5.60. The van der Waals surface area contributed by atoms with E-state index < -0.39 is 14.9 Å². The van der Waals surface area contributed by atoms with E-state index in [9.17, 15) is 18.8 Å². The van der Waals surface area contributed by atoms with Crippen LogP contribution < -0.4 is 10.5 Å². The Morgan fingerprint density at radius 3 is 2.59 bits per heavy atom. The number of nitriles is 1. The number of aromatic nitrogens is 3. The summed E-state index contributed by atoms with van der Waals surface area (Å²) in [6, 6.07) is 9.09. The molecule has 2 heterocycles. The lowest BCUT2D eigenvalue weighted by atomic mass is 10.0. The van der Waals surface area contributed by atoms with Gasteiger partial charge >= 0.3 is 0 Å². The van der Waals surface area contributed by atoms with Crippen molar-refractivity contribution in [1.82, 2.24) is 19.3 Å². The molecule has 9 nitrogen and oxygen atoms in total. The van der Waals surface area contributed by atoms with Crippen LogP contribution in [0.3, 0.4) is 0 Å². The lowest BCUT2D eigenvalue weighted by Gasteiger charge is -2.11. The Kier molecular flexibility index (Phi) is 6.93. The number of allylic oxidation sites excluding steroid dienone is 1. The van der Waals surface area contributed by atoms with E-state index in [1.165, 1.54) is 12.4 Å². The Labute approximate surface area is 187 Å². The first kappa shape index (κ1) is 23.4. The predicted octanol–water partition coefficient (Wildman–Crippen LogP) is 2.56. The highest BCUT2D eigenvalue weighted by molar-refractivity contribution is 7.93. The normalized spacial score (nSPS) is 12.4. The number of aliphatic hydroxyl groups is 1. The van der Waals surface area contributed by atoms with E-state index in [-0.39, 0.29) is 18.5 Å². The van der Waals surface area contributed by atoms with Crippen LogP contribution in [0.1, 0.15) is 31.5 Å². The highest BCUT2D eigenvalue weighted by Crippen LogP contribution is 2.38. The fraction of sp³-hybridized carbons (Fsp3) is 0.318. The van der Waals surface area contributed by atoms with Crippen molar-refractivity contribution >= 4 is 33.0 Å². The van der Waals surface area contributed by atoms with Gasteiger partial charge in [0.2, 0.25) is 0 Å². The topological polar surface area (TPSA) is 147 Å². The molecule has 0 fully saturated rings. The van der Waals surface area contributed by atoms with Gasteiger partial charge < -0.3 is 15.4 Å². The van der Waals surface area contributed by atoms with Crippen LogP contribution in [0.15, 0.2) is 35.5 Å². The average Bonchev–Trinajstić information content (AvgIpc) is 3.04. The molecule has 0 bridgehead atoms. The van der Waals surface area contributed by atoms with Crippen molar-refractivity contribution in [2.24, 2.45) is 0 Å². The van der Waals surface area contributed by atoms with Gasteiger partial charge in [-0.25, -0.2) is 23.1 Å². The SMILES string of the molecule is Cc1ccc(-c2c(/C=C(/C#N)S(=O)(=O)NC(C)C)n(CCCO)c3ncnc(N)c23)cc1. The van der Waals surface area contributed by atoms with Crippen LogP contribution in [0.5, 0.6) is 0 Å². The molecule has 0 atom stereocenters. The van der Waals surface area contributed by atoms with Crippen LogP contribution >= 0.6 is 0 Å². The number of nitrogens with two attached hydrogens (primary N) is 1. The second-order valence-electron chi connectivity index (χ2n) is 7.71. The van der Waals surface area contributed by atoms with E-state index in [2.05, 4.69) is 14.7 Å². The highest BCUT2D eigenvalue weighted by atomic mass is 32.2. The Morgan fingerprint density at radius 1 is 1.31 bits per heavy atom. The van der Waals surface area contributed by atoms with Gasteiger partial charge in [0.15, 0.2) is 4.91 Å². The fourth-order valence-electron chi connectivity index (χ4n) is 3.50. The number of aliphatic hydroxyl groups excluding tert-OH is 1. The first-order valence-electron chi connectivity index (χ1n) is 10.1. The number of anilines is 1. The van der Waals surface area contributed by atoms with Gasteiger partial charge in [-0.2, -0.15) is 5.26 Å². The molecule has 0 amide bonds. The van der Waals surface area contributed by atoms with Gasteiger partial charge in [0.1, 0.15) is 23.9 Å². The van der Waals surface area contributed by atoms with Gasteiger partial charge in [0.25, 0.3) is 10.0 Å². The van der Waals surface area contributed by atoms with E-state index >= 15 is 0 Å². The van der Waals surface area contributed by atoms with Crippen LogP contribution in [0.25, 0.3) is 28.2 Å². The minimum Gasteiger partial charge on any atom is -0.396 e. The monoisotopic (exact) mass is 454 g/mol. The Hall–Kier alpha value is -3.26. The Morgan fingerprint density at radius 2 is 2.00 bits per heavy atom. The second kappa shape index (κ2) is 9.48. The van der Waals surface area contributed by atoms with Gasteiger partial charge in [-0.1, -0.05) is 29.8 Å². The number of fused-ring (bicyclic) bond motifs is 1. The zero-order chi connectivity index (χ0) is 23.5. The number of sulfonamides is 1. The number of hydrogen-bond donors (Lipinski definition) is 3. The van der Waals surface area contributed by atoms with Crippen molar-refractivity contribution < 1.29 is 13.5 Å². The summed E-state index contributed by atoms with van der Waals surface area (Å²) < 4.78 is 29.8. The third kappa shape index (κ3) is 4.65. The molecule has 10 heteroatoms. The number of aryl methyl sites for hydroxylation is 2. The van der Waals surface area contributed by atoms with Crippen molar-refractivity contribution in [3.8, 4) is 17.2 Å². The van der Waals surface area contributed by atoms with E-state index in [0.29, 0.717) is 35.3 Å². The summed E-state index contributed by atoms with van der Waals surface area (Å²) in [6.07, 6.45) is 3.07. The molecular formula is C22H26N6O3S. The second-order valence-corrected chi connectivity index (χ2v) is 9.39. The van der Waals surface area contributed by atoms with Crippen LogP contribution in [-0.4, -0.2) is 40.7 Å². The molecule has 32 heavy (non-hydrogen) atoms. The van der Waals surface area contributed by atoms with Gasteiger partial charge in [0, 0.05) is 24.8 Å². The smallest absolute Gasteiger partial charge is 0.251 e. The number of nitrogens with zero attached hydrogens (tertiary/aromatic N) is 4. The number of hydrogen-bond acceptors (Lipinski definition) is 7. The molecule has 1 aromatic carbocycles. The van der Waals surface area contributed by atoms with Crippen molar-refractivity contribution in [3.05, 3.63) is 46.8 Å². The largest absolute Gasteiger partial charge is 0.396 e. The van der Waals surface area contributed by atoms with Gasteiger partial charge in [-0.05, 0) is 38.8 Å². The average molecular weight is 455 g/mol. The molecular weight excluding hydrogens is 428 g/mol. The molecule has 0 spiro atoms. The Bertz CT molecular complexity index is 1300. The van der Waals surface area contributed by atoms with Crippen molar-refractivity contribution in [3.63, 3.8) is 0 Å². The van der Waals surface area contributed by atoms with Crippen molar-refractivity contribution in [2.45, 2.75) is 39.8 Å². The van der Waals surface area contributed by atoms with Crippen molar-refractivity contribution in [2.75, 3.05) is 12.3 Å². The number of benzene rings is 1. The van der Waals surface area contributed by atoms with E-state index in [4.69, 9.17) is 5.73 Å². The maximum atomic E-state index is 12.8. The molecule has 3 rings (SSSR count). The number of nitrogens with one attached hydrogen (secondary N) is 1. The maximum Gasteiger partial charge on any atom is 0.251 e. The highest BCUT2D eigenvalue weighted by Gasteiger charge is 2.25. The Balaban J connectivity index is 2.42. The van der Waals surface area contributed by atoms with E-state index in [1.54, 1.807) is 24.5 Å². The summed E-state index contributed by atoms with van der Waals surface area (Å²) in [7, 11) is -4.04. The minimum absolute atomic E-state index is 0.0679. The summed E-state index contributed by atoms with van der Waals surface area (Å²) in [4.78, 5) is 8.07. The molecule has 0 saturated carbocycles. The van der Waals surface area contributed by atoms with Gasteiger partial charge in [0.05, 0.1) is 11.1 Å². The standard InChI is InChI=1S/C22H26N6O3S/c1-14(2)27-32(30,31)17(12-23)11-18-19(16-7-5-15(3)6-8-16)20-21(24)25-13-26-22(20)28(18)9-4-10-29/h5-8,11,13-14,27,29H,4,9-10H2,1-3H3,(H2,24,25,26)/b17-11-. The third-order valence-electron chi connectivity index (χ3n) is 4.85. The lowest BCUT2D eigenvalue weighted by Crippen LogP contribution is -2.31. The summed E-state index contributed by atoms with van der Waals surface area (Å²) >= 11 is 0. The van der Waals surface area contributed by atoms with E-state index in [0.717, 1.165) is 11.1 Å². The number of nitrogen functional groups attached to an aromatic ring is 1. The molecule has 4 N–H and O–H groups in total.